The van der Waals surface area contributed by atoms with Crippen molar-refractivity contribution in [1.82, 2.24) is 9.97 Å². The fourth-order valence-corrected chi connectivity index (χ4v) is 3.72. The number of aromatic nitrogens is 2. The molecule has 5 nitrogen and oxygen atoms in total. The van der Waals surface area contributed by atoms with Crippen molar-refractivity contribution >= 4 is 35.1 Å². The number of hydrogen-bond donors (Lipinski definition) is 2. The molecular weight excluding hydrogens is 353 g/mol. The Kier molecular flexibility index (Phi) is 4.91. The number of halogens is 2. The average molecular weight is 368 g/mol. The monoisotopic (exact) mass is 367 g/mol. The van der Waals surface area contributed by atoms with E-state index in [9.17, 15) is 14.0 Å². The maximum absolute atomic E-state index is 14.3. The lowest BCUT2D eigenvalue weighted by Crippen LogP contribution is -2.31. The first-order chi connectivity index (χ1) is 11.5. The van der Waals surface area contributed by atoms with Crippen molar-refractivity contribution < 1.29 is 9.18 Å². The summed E-state index contributed by atoms with van der Waals surface area (Å²) in [6, 6.07) is 4.29. The molecule has 2 N–H and O–H groups in total. The van der Waals surface area contributed by atoms with Crippen LogP contribution in [-0.4, -0.2) is 21.6 Å². The molecule has 0 saturated heterocycles. The van der Waals surface area contributed by atoms with Crippen molar-refractivity contribution in [2.75, 3.05) is 11.1 Å². The van der Waals surface area contributed by atoms with E-state index in [1.165, 1.54) is 23.9 Å². The summed E-state index contributed by atoms with van der Waals surface area (Å²) in [5.74, 6) is -0.659. The van der Waals surface area contributed by atoms with Crippen LogP contribution in [0, 0.1) is 5.82 Å². The van der Waals surface area contributed by atoms with Crippen molar-refractivity contribution in [3.05, 3.63) is 50.5 Å². The number of H-pyrrole nitrogens is 1. The lowest BCUT2D eigenvalue weighted by molar-refractivity contribution is -0.116. The van der Waals surface area contributed by atoms with E-state index in [-0.39, 0.29) is 39.9 Å². The number of carbonyl (C=O) groups excluding carboxylic acids is 1. The Morgan fingerprint density at radius 3 is 2.88 bits per heavy atom. The molecule has 8 heteroatoms. The van der Waals surface area contributed by atoms with E-state index in [1.807, 2.05) is 6.92 Å². The third kappa shape index (κ3) is 3.18. The highest BCUT2D eigenvalue weighted by Gasteiger charge is 2.33. The summed E-state index contributed by atoms with van der Waals surface area (Å²) in [7, 11) is 0. The predicted octanol–water partition coefficient (Wildman–Crippen LogP) is 3.54. The predicted molar refractivity (Wildman–Crippen MR) is 92.4 cm³/mol. The van der Waals surface area contributed by atoms with Crippen molar-refractivity contribution in [2.45, 2.75) is 30.8 Å². The number of nitrogens with one attached hydrogen (secondary N) is 2. The minimum Gasteiger partial charge on any atom is -0.310 e. The molecule has 1 aromatic heterocycles. The maximum atomic E-state index is 14.3. The minimum absolute atomic E-state index is 0.0557. The van der Waals surface area contributed by atoms with Gasteiger partial charge < -0.3 is 10.3 Å². The molecule has 1 unspecified atom stereocenters. The van der Waals surface area contributed by atoms with Gasteiger partial charge in [-0.15, -0.1) is 0 Å². The average Bonchev–Trinajstić information content (AvgIpc) is 2.52. The van der Waals surface area contributed by atoms with Crippen LogP contribution < -0.4 is 10.9 Å². The van der Waals surface area contributed by atoms with Gasteiger partial charge in [-0.2, -0.15) is 0 Å². The highest BCUT2D eigenvalue weighted by molar-refractivity contribution is 7.99. The molecule has 1 aliphatic rings. The minimum atomic E-state index is -0.760. The fraction of sp³-hybridized carbons (Fsp3) is 0.312. The summed E-state index contributed by atoms with van der Waals surface area (Å²) in [6.45, 7) is 2.02. The van der Waals surface area contributed by atoms with Gasteiger partial charge in [0.1, 0.15) is 11.6 Å². The molecule has 0 saturated carbocycles. The number of fused-ring (bicyclic) bond motifs is 1. The van der Waals surface area contributed by atoms with Gasteiger partial charge in [-0.3, -0.25) is 9.59 Å². The van der Waals surface area contributed by atoms with E-state index in [0.717, 1.165) is 12.2 Å². The van der Waals surface area contributed by atoms with Gasteiger partial charge >= 0.3 is 0 Å². The molecule has 1 aliphatic heterocycles. The van der Waals surface area contributed by atoms with Gasteiger partial charge in [-0.25, -0.2) is 9.37 Å². The quantitative estimate of drug-likeness (QED) is 0.640. The molecule has 126 valence electrons. The zero-order valence-electron chi connectivity index (χ0n) is 12.9. The highest BCUT2D eigenvalue weighted by atomic mass is 35.5. The van der Waals surface area contributed by atoms with Gasteiger partial charge in [-0.1, -0.05) is 36.4 Å². The molecule has 1 amide bonds. The summed E-state index contributed by atoms with van der Waals surface area (Å²) >= 11 is 7.51. The molecule has 2 aromatic rings. The lowest BCUT2D eigenvalue weighted by atomic mass is 9.86. The second-order valence-electron chi connectivity index (χ2n) is 5.42. The molecule has 0 fully saturated rings. The van der Waals surface area contributed by atoms with Crippen molar-refractivity contribution in [2.24, 2.45) is 0 Å². The number of anilines is 1. The Balaban J connectivity index is 2.13. The SMILES string of the molecule is CCCSc1nc2c(c(=O)[nH]1)C(c1c(F)cccc1Cl)CC(=O)N2. The molecule has 1 atom stereocenters. The van der Waals surface area contributed by atoms with E-state index in [1.54, 1.807) is 6.07 Å². The van der Waals surface area contributed by atoms with Gasteiger partial charge in [0.05, 0.1) is 5.56 Å². The summed E-state index contributed by atoms with van der Waals surface area (Å²) in [6.07, 6.45) is 0.866. The zero-order chi connectivity index (χ0) is 17.3. The molecule has 24 heavy (non-hydrogen) atoms. The summed E-state index contributed by atoms with van der Waals surface area (Å²) in [5, 5.41) is 3.22. The third-order valence-corrected chi connectivity index (χ3v) is 5.13. The molecule has 1 aromatic carbocycles. The number of aromatic amines is 1. The van der Waals surface area contributed by atoms with Gasteiger partial charge in [0.2, 0.25) is 5.91 Å². The second-order valence-corrected chi connectivity index (χ2v) is 6.91. The Morgan fingerprint density at radius 1 is 1.38 bits per heavy atom. The van der Waals surface area contributed by atoms with Crippen LogP contribution in [0.15, 0.2) is 28.2 Å². The van der Waals surface area contributed by atoms with Crippen molar-refractivity contribution in [3.63, 3.8) is 0 Å². The van der Waals surface area contributed by atoms with Crippen LogP contribution in [0.2, 0.25) is 5.02 Å². The molecule has 0 bridgehead atoms. The molecule has 2 heterocycles. The van der Waals surface area contributed by atoms with E-state index < -0.39 is 11.7 Å². The van der Waals surface area contributed by atoms with E-state index in [0.29, 0.717) is 5.16 Å². The normalized spacial score (nSPS) is 16.6. The summed E-state index contributed by atoms with van der Waals surface area (Å²) in [4.78, 5) is 31.6. The van der Waals surface area contributed by atoms with Crippen LogP contribution in [0.5, 0.6) is 0 Å². The first-order valence-electron chi connectivity index (χ1n) is 7.52. The number of rotatable bonds is 4. The first kappa shape index (κ1) is 17.0. The molecule has 0 radical (unpaired) electrons. The first-order valence-corrected chi connectivity index (χ1v) is 8.88. The number of hydrogen-bond acceptors (Lipinski definition) is 4. The van der Waals surface area contributed by atoms with Crippen molar-refractivity contribution in [3.8, 4) is 0 Å². The smallest absolute Gasteiger partial charge is 0.257 e. The third-order valence-electron chi connectivity index (χ3n) is 3.72. The van der Waals surface area contributed by atoms with E-state index in [4.69, 9.17) is 11.6 Å². The number of carbonyl (C=O) groups is 1. The molecule has 0 aliphatic carbocycles. The summed E-state index contributed by atoms with van der Waals surface area (Å²) < 4.78 is 14.3. The van der Waals surface area contributed by atoms with Crippen LogP contribution in [-0.2, 0) is 4.79 Å². The lowest BCUT2D eigenvalue weighted by Gasteiger charge is -2.25. The number of amides is 1. The number of benzene rings is 1. The van der Waals surface area contributed by atoms with Gasteiger partial charge in [0, 0.05) is 28.7 Å². The Bertz CT molecular complexity index is 835. The van der Waals surface area contributed by atoms with Crippen LogP contribution in [0.3, 0.4) is 0 Å². The largest absolute Gasteiger partial charge is 0.310 e. The van der Waals surface area contributed by atoms with Crippen LogP contribution in [0.4, 0.5) is 10.2 Å². The topological polar surface area (TPSA) is 74.8 Å². The fourth-order valence-electron chi connectivity index (χ4n) is 2.71. The van der Waals surface area contributed by atoms with Gasteiger partial charge in [0.25, 0.3) is 5.56 Å². The Morgan fingerprint density at radius 2 is 2.17 bits per heavy atom. The van der Waals surface area contributed by atoms with Gasteiger partial charge in [-0.05, 0) is 18.6 Å². The molecular formula is C16H15ClFN3O2S. The van der Waals surface area contributed by atoms with E-state index >= 15 is 0 Å². The van der Waals surface area contributed by atoms with Crippen LogP contribution in [0.25, 0.3) is 0 Å². The Hall–Kier alpha value is -1.86. The highest BCUT2D eigenvalue weighted by Crippen LogP contribution is 2.38. The Labute approximate surface area is 147 Å². The van der Waals surface area contributed by atoms with Crippen LogP contribution in [0.1, 0.15) is 36.8 Å². The summed E-state index contributed by atoms with van der Waals surface area (Å²) in [5.41, 5.74) is 0.00176. The van der Waals surface area contributed by atoms with Gasteiger partial charge in [0.15, 0.2) is 5.16 Å². The maximum Gasteiger partial charge on any atom is 0.257 e. The number of thioether (sulfide) groups is 1. The zero-order valence-corrected chi connectivity index (χ0v) is 14.4. The van der Waals surface area contributed by atoms with E-state index in [2.05, 4.69) is 15.3 Å². The van der Waals surface area contributed by atoms with Crippen LogP contribution >= 0.6 is 23.4 Å². The standard InChI is InChI=1S/C16H15ClFN3O2S/c1-2-6-24-16-20-14-13(15(23)21-16)8(7-11(22)19-14)12-9(17)4-3-5-10(12)18/h3-5,8H,2,6-7H2,1H3,(H2,19,20,21,22,23). The second kappa shape index (κ2) is 6.94. The molecule has 3 rings (SSSR count). The molecule has 0 spiro atoms. The van der Waals surface area contributed by atoms with Crippen molar-refractivity contribution in [1.29, 1.82) is 0 Å². The number of nitrogens with zero attached hydrogens (tertiary/aromatic N) is 1.